The zero-order chi connectivity index (χ0) is 15.2. The number of halogens is 1. The minimum absolute atomic E-state index is 0.178. The Balaban J connectivity index is 2.18. The summed E-state index contributed by atoms with van der Waals surface area (Å²) in [6.07, 6.45) is 0. The number of nitrogen functional groups attached to an aromatic ring is 1. The molecule has 0 aliphatic rings. The normalized spacial score (nSPS) is 10.4. The third-order valence-corrected chi connectivity index (χ3v) is 2.87. The van der Waals surface area contributed by atoms with Crippen molar-refractivity contribution in [3.8, 4) is 11.5 Å². The highest BCUT2D eigenvalue weighted by Gasteiger charge is 2.12. The Labute approximate surface area is 127 Å². The molecule has 1 aromatic carbocycles. The molecule has 0 bridgehead atoms. The molecular formula is C12H17ClN6O2. The Morgan fingerprint density at radius 2 is 2.05 bits per heavy atom. The van der Waals surface area contributed by atoms with Crippen molar-refractivity contribution < 1.29 is 9.47 Å². The van der Waals surface area contributed by atoms with Crippen LogP contribution in [0.5, 0.6) is 11.5 Å². The molecule has 2 aromatic rings. The largest absolute Gasteiger partial charge is 0.490 e. The second-order valence-electron chi connectivity index (χ2n) is 4.05. The van der Waals surface area contributed by atoms with Gasteiger partial charge in [0.25, 0.3) is 5.95 Å². The molecule has 1 heterocycles. The van der Waals surface area contributed by atoms with Crippen LogP contribution in [0, 0.1) is 0 Å². The summed E-state index contributed by atoms with van der Waals surface area (Å²) in [6, 6.07) is 3.65. The van der Waals surface area contributed by atoms with Gasteiger partial charge in [-0.15, -0.1) is 4.79 Å². The summed E-state index contributed by atoms with van der Waals surface area (Å²) in [5.74, 6) is 1.33. The Bertz CT molecular complexity index is 603. The lowest BCUT2D eigenvalue weighted by Crippen LogP contribution is -2.18. The van der Waals surface area contributed by atoms with Crippen LogP contribution in [0.2, 0.25) is 5.02 Å². The summed E-state index contributed by atoms with van der Waals surface area (Å²) in [5, 5.41) is 11.2. The van der Waals surface area contributed by atoms with Crippen molar-refractivity contribution >= 4 is 17.5 Å². The van der Waals surface area contributed by atoms with Crippen LogP contribution >= 0.6 is 11.6 Å². The zero-order valence-electron chi connectivity index (χ0n) is 11.8. The highest BCUT2D eigenvalue weighted by molar-refractivity contribution is 6.32. The van der Waals surface area contributed by atoms with E-state index in [-0.39, 0.29) is 5.95 Å². The van der Waals surface area contributed by atoms with E-state index >= 15 is 0 Å². The van der Waals surface area contributed by atoms with Crippen molar-refractivity contribution in [1.29, 1.82) is 0 Å². The lowest BCUT2D eigenvalue weighted by molar-refractivity contribution is 0.287. The molecule has 0 amide bonds. The van der Waals surface area contributed by atoms with Crippen LogP contribution in [0.15, 0.2) is 12.1 Å². The van der Waals surface area contributed by atoms with Crippen molar-refractivity contribution in [2.24, 2.45) is 0 Å². The number of anilines is 1. The lowest BCUT2D eigenvalue weighted by atomic mass is 10.2. The number of tetrazole rings is 1. The maximum Gasteiger partial charge on any atom is 0.260 e. The summed E-state index contributed by atoms with van der Waals surface area (Å²) in [5.41, 5.74) is 9.42. The number of benzene rings is 1. The first-order chi connectivity index (χ1) is 10.2. The number of aromatic nitrogens is 4. The molecule has 9 heteroatoms. The van der Waals surface area contributed by atoms with Gasteiger partial charge in [0.2, 0.25) is 0 Å². The molecule has 0 saturated carbocycles. The molecule has 2 rings (SSSR count). The monoisotopic (exact) mass is 312 g/mol. The number of nitrogens with one attached hydrogen (secondary N) is 1. The second kappa shape index (κ2) is 6.98. The van der Waals surface area contributed by atoms with E-state index in [1.165, 1.54) is 4.79 Å². The van der Waals surface area contributed by atoms with Crippen molar-refractivity contribution in [3.05, 3.63) is 22.7 Å². The van der Waals surface area contributed by atoms with E-state index in [4.69, 9.17) is 26.8 Å². The number of nitrogens with zero attached hydrogens (tertiary/aromatic N) is 4. The zero-order valence-corrected chi connectivity index (χ0v) is 12.6. The quantitative estimate of drug-likeness (QED) is 0.798. The summed E-state index contributed by atoms with van der Waals surface area (Å²) in [7, 11) is 0. The summed E-state index contributed by atoms with van der Waals surface area (Å²) < 4.78 is 11.1. The van der Waals surface area contributed by atoms with E-state index in [0.29, 0.717) is 36.3 Å². The molecule has 0 fully saturated rings. The van der Waals surface area contributed by atoms with Crippen molar-refractivity contribution in [3.63, 3.8) is 0 Å². The number of hydrogen-bond donors (Lipinski definition) is 2. The van der Waals surface area contributed by atoms with Gasteiger partial charge in [-0.3, -0.25) is 0 Å². The van der Waals surface area contributed by atoms with Crippen molar-refractivity contribution in [2.75, 3.05) is 24.4 Å². The summed E-state index contributed by atoms with van der Waals surface area (Å²) in [4.78, 5) is 1.28. The fourth-order valence-corrected chi connectivity index (χ4v) is 2.03. The Morgan fingerprint density at radius 1 is 1.29 bits per heavy atom. The van der Waals surface area contributed by atoms with Gasteiger partial charge in [0.05, 0.1) is 24.8 Å². The van der Waals surface area contributed by atoms with Gasteiger partial charge in [-0.2, -0.15) is 0 Å². The van der Waals surface area contributed by atoms with E-state index in [2.05, 4.69) is 21.0 Å². The van der Waals surface area contributed by atoms with Gasteiger partial charge in [0.1, 0.15) is 0 Å². The number of rotatable bonds is 7. The topological polar surface area (TPSA) is 100 Å². The number of nitrogens with two attached hydrogens (primary N) is 1. The van der Waals surface area contributed by atoms with Gasteiger partial charge in [0.15, 0.2) is 11.5 Å². The van der Waals surface area contributed by atoms with Crippen LogP contribution < -0.4 is 20.6 Å². The van der Waals surface area contributed by atoms with Crippen LogP contribution in [0.25, 0.3) is 0 Å². The Kier molecular flexibility index (Phi) is 5.04. The van der Waals surface area contributed by atoms with E-state index in [0.717, 1.165) is 5.56 Å². The van der Waals surface area contributed by atoms with Crippen LogP contribution in [0.3, 0.4) is 0 Å². The number of hydrogen-bond acceptors (Lipinski definition) is 7. The van der Waals surface area contributed by atoms with Gasteiger partial charge < -0.3 is 20.6 Å². The first-order valence-electron chi connectivity index (χ1n) is 6.51. The summed E-state index contributed by atoms with van der Waals surface area (Å²) in [6.45, 7) is 5.26. The molecule has 0 aliphatic heterocycles. The third-order valence-electron chi connectivity index (χ3n) is 2.58. The van der Waals surface area contributed by atoms with E-state index in [1.54, 1.807) is 6.07 Å². The number of ether oxygens (including phenoxy) is 2. The predicted octanol–water partition coefficient (Wildman–Crippen LogP) is 1.45. The van der Waals surface area contributed by atoms with E-state index in [1.807, 2.05) is 19.9 Å². The smallest absolute Gasteiger partial charge is 0.260 e. The highest BCUT2D eigenvalue weighted by atomic mass is 35.5. The second-order valence-corrected chi connectivity index (χ2v) is 4.46. The van der Waals surface area contributed by atoms with Gasteiger partial charge in [-0.05, 0) is 42.0 Å². The average Bonchev–Trinajstić information content (AvgIpc) is 2.86. The van der Waals surface area contributed by atoms with Crippen LogP contribution in [-0.4, -0.2) is 33.5 Å². The van der Waals surface area contributed by atoms with Gasteiger partial charge in [-0.1, -0.05) is 16.7 Å². The van der Waals surface area contributed by atoms with Gasteiger partial charge >= 0.3 is 0 Å². The summed E-state index contributed by atoms with van der Waals surface area (Å²) >= 11 is 6.24. The molecule has 1 aromatic heterocycles. The van der Waals surface area contributed by atoms with Gasteiger partial charge in [0, 0.05) is 0 Å². The fourth-order valence-electron chi connectivity index (χ4n) is 1.74. The van der Waals surface area contributed by atoms with Crippen LogP contribution in [0.4, 0.5) is 5.95 Å². The first-order valence-corrected chi connectivity index (χ1v) is 6.89. The third kappa shape index (κ3) is 3.66. The van der Waals surface area contributed by atoms with Crippen molar-refractivity contribution in [1.82, 2.24) is 20.3 Å². The fraction of sp³-hybridized carbons (Fsp3) is 0.417. The molecule has 3 N–H and O–H groups in total. The SMILES string of the molecule is CCOc1cc(CNn2nnnc2N)cc(Cl)c1OCC. The van der Waals surface area contributed by atoms with Crippen LogP contribution in [0.1, 0.15) is 19.4 Å². The Morgan fingerprint density at radius 3 is 2.67 bits per heavy atom. The maximum atomic E-state index is 6.24. The minimum Gasteiger partial charge on any atom is -0.490 e. The molecule has 0 saturated heterocycles. The molecule has 0 spiro atoms. The average molecular weight is 313 g/mol. The Hall–Kier alpha value is -2.22. The molecule has 0 aliphatic carbocycles. The van der Waals surface area contributed by atoms with Gasteiger partial charge in [-0.25, -0.2) is 0 Å². The molecule has 0 atom stereocenters. The maximum absolute atomic E-state index is 6.24. The molecule has 21 heavy (non-hydrogen) atoms. The molecular weight excluding hydrogens is 296 g/mol. The molecule has 8 nitrogen and oxygen atoms in total. The molecule has 0 radical (unpaired) electrons. The molecule has 114 valence electrons. The standard InChI is InChI=1S/C12H17ClN6O2/c1-3-20-10-6-8(5-9(13)11(10)21-4-2)7-15-19-12(14)16-17-18-19/h5-6,15H,3-4,7H2,1-2H3,(H2,14,16,18). The van der Waals surface area contributed by atoms with Crippen molar-refractivity contribution in [2.45, 2.75) is 20.4 Å². The minimum atomic E-state index is 0.178. The highest BCUT2D eigenvalue weighted by Crippen LogP contribution is 2.36. The van der Waals surface area contributed by atoms with E-state index < -0.39 is 0 Å². The first kappa shape index (κ1) is 15.2. The lowest BCUT2D eigenvalue weighted by Gasteiger charge is -2.14. The van der Waals surface area contributed by atoms with Crippen LogP contribution in [-0.2, 0) is 6.54 Å². The predicted molar refractivity (Wildman–Crippen MR) is 79.1 cm³/mol. The van der Waals surface area contributed by atoms with E-state index in [9.17, 15) is 0 Å². The molecule has 0 unspecified atom stereocenters.